The van der Waals surface area contributed by atoms with Gasteiger partial charge in [0, 0.05) is 48.8 Å². The van der Waals surface area contributed by atoms with Crippen LogP contribution in [-0.4, -0.2) is 52.8 Å². The van der Waals surface area contributed by atoms with Gasteiger partial charge in [-0.1, -0.05) is 11.6 Å². The molecule has 22 heavy (non-hydrogen) atoms. The van der Waals surface area contributed by atoms with E-state index in [1.807, 2.05) is 38.9 Å². The van der Waals surface area contributed by atoms with Gasteiger partial charge in [0.1, 0.15) is 0 Å². The van der Waals surface area contributed by atoms with E-state index < -0.39 is 10.8 Å². The molecule has 1 fully saturated rings. The van der Waals surface area contributed by atoms with Gasteiger partial charge >= 0.3 is 6.03 Å². The lowest BCUT2D eigenvalue weighted by molar-refractivity contribution is 0.207. The molecular weight excluding hydrogens is 322 g/mol. The first-order valence-electron chi connectivity index (χ1n) is 7.12. The molecule has 1 aliphatic heterocycles. The number of carbonyl (C=O) groups excluding carboxylic acids is 1. The maximum absolute atomic E-state index is 12.5. The minimum atomic E-state index is -0.901. The Morgan fingerprint density at radius 1 is 1.41 bits per heavy atom. The van der Waals surface area contributed by atoms with E-state index in [1.165, 1.54) is 0 Å². The van der Waals surface area contributed by atoms with Crippen LogP contribution in [0.1, 0.15) is 13.8 Å². The highest BCUT2D eigenvalue weighted by molar-refractivity contribution is 7.86. The zero-order chi connectivity index (χ0) is 16.5. The largest absolute Gasteiger partial charge is 0.376 e. The summed E-state index contributed by atoms with van der Waals surface area (Å²) in [5.41, 5.74) is 1.56. The third-order valence-electron chi connectivity index (χ3n) is 3.70. The Hall–Kier alpha value is -1.27. The van der Waals surface area contributed by atoms with E-state index in [1.54, 1.807) is 17.0 Å². The van der Waals surface area contributed by atoms with E-state index in [-0.39, 0.29) is 10.8 Å². The average molecular weight is 344 g/mol. The average Bonchev–Trinajstić information content (AvgIpc) is 2.41. The van der Waals surface area contributed by atoms with Crippen molar-refractivity contribution in [3.05, 3.63) is 23.2 Å². The van der Waals surface area contributed by atoms with E-state index >= 15 is 0 Å². The van der Waals surface area contributed by atoms with Crippen molar-refractivity contribution in [1.29, 1.82) is 0 Å². The first kappa shape index (κ1) is 17.1. The Balaban J connectivity index is 2.16. The maximum atomic E-state index is 12.5. The molecule has 0 bridgehead atoms. The van der Waals surface area contributed by atoms with E-state index in [0.717, 1.165) is 5.69 Å². The molecule has 0 saturated carbocycles. The summed E-state index contributed by atoms with van der Waals surface area (Å²) in [7, 11) is 2.92. The number of hydrogen-bond acceptors (Lipinski definition) is 3. The highest BCUT2D eigenvalue weighted by Gasteiger charge is 2.35. The van der Waals surface area contributed by atoms with Crippen LogP contribution < -0.4 is 10.2 Å². The SMILES string of the molecule is CN(C)c1ccc(Cl)cc1NC(=O)N1CCS(=O)C(C)(C)C1. The summed E-state index contributed by atoms with van der Waals surface area (Å²) in [5.74, 6) is 0.510. The molecule has 1 unspecified atom stereocenters. The predicted molar refractivity (Wildman–Crippen MR) is 93.5 cm³/mol. The minimum absolute atomic E-state index is 0.185. The van der Waals surface area contributed by atoms with Gasteiger partial charge in [-0.05, 0) is 32.0 Å². The molecule has 1 saturated heterocycles. The molecule has 1 aromatic rings. The first-order valence-corrected chi connectivity index (χ1v) is 8.82. The molecule has 0 spiro atoms. The molecule has 2 amide bonds. The number of amides is 2. The number of rotatable bonds is 2. The Kier molecular flexibility index (Phi) is 5.02. The second-order valence-electron chi connectivity index (χ2n) is 6.22. The lowest BCUT2D eigenvalue weighted by Crippen LogP contribution is -2.53. The summed E-state index contributed by atoms with van der Waals surface area (Å²) in [5, 5.41) is 3.49. The van der Waals surface area contributed by atoms with Crippen molar-refractivity contribution in [2.45, 2.75) is 18.6 Å². The van der Waals surface area contributed by atoms with Crippen LogP contribution in [-0.2, 0) is 10.8 Å². The fourth-order valence-electron chi connectivity index (χ4n) is 2.45. The molecule has 1 heterocycles. The molecule has 0 aromatic heterocycles. The quantitative estimate of drug-likeness (QED) is 0.898. The summed E-state index contributed by atoms with van der Waals surface area (Å²) in [6, 6.07) is 5.21. The second kappa shape index (κ2) is 6.46. The second-order valence-corrected chi connectivity index (χ2v) is 8.86. The predicted octanol–water partition coefficient (Wildman–Crippen LogP) is 2.78. The number of nitrogens with zero attached hydrogens (tertiary/aromatic N) is 2. The van der Waals surface area contributed by atoms with Crippen LogP contribution in [0.25, 0.3) is 0 Å². The van der Waals surface area contributed by atoms with E-state index in [0.29, 0.717) is 29.6 Å². The standard InChI is InChI=1S/C15H22ClN3O2S/c1-15(2)10-19(7-8-22(15)21)14(20)17-12-9-11(16)5-6-13(12)18(3)4/h5-6,9H,7-8,10H2,1-4H3,(H,17,20). The number of halogens is 1. The molecule has 122 valence electrons. The van der Waals surface area contributed by atoms with Crippen molar-refractivity contribution in [1.82, 2.24) is 4.90 Å². The topological polar surface area (TPSA) is 52.7 Å². The summed E-state index contributed by atoms with van der Waals surface area (Å²) < 4.78 is 11.6. The number of urea groups is 1. The molecular formula is C15H22ClN3O2S. The van der Waals surface area contributed by atoms with Gasteiger partial charge in [0.15, 0.2) is 0 Å². The number of carbonyl (C=O) groups is 1. The van der Waals surface area contributed by atoms with Crippen molar-refractivity contribution in [3.63, 3.8) is 0 Å². The van der Waals surface area contributed by atoms with Gasteiger partial charge in [0.25, 0.3) is 0 Å². The minimum Gasteiger partial charge on any atom is -0.376 e. The zero-order valence-corrected chi connectivity index (χ0v) is 14.9. The van der Waals surface area contributed by atoms with Crippen molar-refractivity contribution >= 4 is 39.8 Å². The number of hydrogen-bond donors (Lipinski definition) is 1. The van der Waals surface area contributed by atoms with E-state index in [4.69, 9.17) is 11.6 Å². The molecule has 2 rings (SSSR count). The fraction of sp³-hybridized carbons (Fsp3) is 0.533. The van der Waals surface area contributed by atoms with Crippen LogP contribution in [0.5, 0.6) is 0 Å². The molecule has 1 atom stereocenters. The van der Waals surface area contributed by atoms with Gasteiger partial charge in [0.2, 0.25) is 0 Å². The normalized spacial score (nSPS) is 20.6. The summed E-state index contributed by atoms with van der Waals surface area (Å²) >= 11 is 6.03. The molecule has 5 nitrogen and oxygen atoms in total. The lowest BCUT2D eigenvalue weighted by Gasteiger charge is -2.37. The Morgan fingerprint density at radius 2 is 2.09 bits per heavy atom. The van der Waals surface area contributed by atoms with Gasteiger partial charge in [0.05, 0.1) is 16.1 Å². The van der Waals surface area contributed by atoms with Crippen LogP contribution in [0.4, 0.5) is 16.2 Å². The van der Waals surface area contributed by atoms with Crippen molar-refractivity contribution in [3.8, 4) is 0 Å². The van der Waals surface area contributed by atoms with Crippen molar-refractivity contribution < 1.29 is 9.00 Å². The monoisotopic (exact) mass is 343 g/mol. The molecule has 7 heteroatoms. The highest BCUT2D eigenvalue weighted by Crippen LogP contribution is 2.28. The Bertz CT molecular complexity index is 604. The molecule has 1 N–H and O–H groups in total. The third-order valence-corrected chi connectivity index (χ3v) is 5.85. The Labute approximate surface area is 139 Å². The van der Waals surface area contributed by atoms with Crippen LogP contribution in [0.15, 0.2) is 18.2 Å². The maximum Gasteiger partial charge on any atom is 0.321 e. The lowest BCUT2D eigenvalue weighted by atomic mass is 10.2. The molecule has 1 aromatic carbocycles. The highest BCUT2D eigenvalue weighted by atomic mass is 35.5. The molecule has 0 radical (unpaired) electrons. The van der Waals surface area contributed by atoms with E-state index in [2.05, 4.69) is 5.32 Å². The molecule has 0 aliphatic carbocycles. The van der Waals surface area contributed by atoms with Crippen LogP contribution in [0.2, 0.25) is 5.02 Å². The zero-order valence-electron chi connectivity index (χ0n) is 13.4. The molecule has 1 aliphatic rings. The summed E-state index contributed by atoms with van der Waals surface area (Å²) in [4.78, 5) is 16.1. The summed E-state index contributed by atoms with van der Waals surface area (Å²) in [6.07, 6.45) is 0. The van der Waals surface area contributed by atoms with Crippen molar-refractivity contribution in [2.24, 2.45) is 0 Å². The van der Waals surface area contributed by atoms with Gasteiger partial charge in [-0.2, -0.15) is 0 Å². The van der Waals surface area contributed by atoms with Gasteiger partial charge in [-0.25, -0.2) is 4.79 Å². The van der Waals surface area contributed by atoms with Crippen molar-refractivity contribution in [2.75, 3.05) is 43.2 Å². The Morgan fingerprint density at radius 3 is 2.68 bits per heavy atom. The van der Waals surface area contributed by atoms with Gasteiger partial charge < -0.3 is 15.1 Å². The number of anilines is 2. The van der Waals surface area contributed by atoms with Crippen LogP contribution in [0.3, 0.4) is 0 Å². The smallest absolute Gasteiger partial charge is 0.321 e. The first-order chi connectivity index (χ1) is 10.2. The van der Waals surface area contributed by atoms with Crippen LogP contribution >= 0.6 is 11.6 Å². The fourth-order valence-corrected chi connectivity index (χ4v) is 3.86. The number of nitrogens with one attached hydrogen (secondary N) is 1. The van der Waals surface area contributed by atoms with Gasteiger partial charge in [-0.15, -0.1) is 0 Å². The van der Waals surface area contributed by atoms with Crippen LogP contribution in [0, 0.1) is 0 Å². The van der Waals surface area contributed by atoms with E-state index in [9.17, 15) is 9.00 Å². The third kappa shape index (κ3) is 3.73. The van der Waals surface area contributed by atoms with Gasteiger partial charge in [-0.3, -0.25) is 4.21 Å². The number of benzene rings is 1. The summed E-state index contributed by atoms with van der Waals surface area (Å²) in [6.45, 7) is 4.82.